The van der Waals surface area contributed by atoms with E-state index in [0.717, 1.165) is 19.3 Å². The van der Waals surface area contributed by atoms with Gasteiger partial charge < -0.3 is 9.84 Å². The van der Waals surface area contributed by atoms with E-state index in [1.165, 1.54) is 11.1 Å². The number of ether oxygens (including phenoxy) is 1. The molecule has 2 heteroatoms. The molecule has 0 radical (unpaired) electrons. The van der Waals surface area contributed by atoms with Crippen LogP contribution in [0, 0.1) is 11.8 Å². The fraction of sp³-hybridized carbons (Fsp3) is 0.733. The van der Waals surface area contributed by atoms with Crippen molar-refractivity contribution in [2.24, 2.45) is 11.8 Å². The van der Waals surface area contributed by atoms with Gasteiger partial charge in [-0.3, -0.25) is 0 Å². The Morgan fingerprint density at radius 3 is 2.71 bits per heavy atom. The molecule has 1 unspecified atom stereocenters. The van der Waals surface area contributed by atoms with Crippen LogP contribution >= 0.6 is 0 Å². The third kappa shape index (κ3) is 1.34. The van der Waals surface area contributed by atoms with E-state index in [9.17, 15) is 5.11 Å². The maximum atomic E-state index is 10.8. The van der Waals surface area contributed by atoms with Gasteiger partial charge in [-0.2, -0.15) is 0 Å². The Labute approximate surface area is 103 Å². The smallest absolute Gasteiger partial charge is 0.124 e. The summed E-state index contributed by atoms with van der Waals surface area (Å²) >= 11 is 0. The molecule has 0 amide bonds. The summed E-state index contributed by atoms with van der Waals surface area (Å²) < 4.78 is 5.91. The minimum atomic E-state index is -0.375. The molecule has 4 atom stereocenters. The van der Waals surface area contributed by atoms with Crippen LogP contribution in [0.3, 0.4) is 0 Å². The highest BCUT2D eigenvalue weighted by atomic mass is 16.6. The molecule has 0 aromatic carbocycles. The summed E-state index contributed by atoms with van der Waals surface area (Å²) in [6, 6.07) is 0. The van der Waals surface area contributed by atoms with Crippen LogP contribution in [0.25, 0.3) is 0 Å². The number of hydrogen-bond donors (Lipinski definition) is 1. The van der Waals surface area contributed by atoms with Crippen molar-refractivity contribution in [3.63, 3.8) is 0 Å². The second-order valence-corrected chi connectivity index (χ2v) is 6.42. The first-order valence-electron chi connectivity index (χ1n) is 6.61. The Hall–Kier alpha value is -0.600. The summed E-state index contributed by atoms with van der Waals surface area (Å²) in [5.41, 5.74) is 2.11. The van der Waals surface area contributed by atoms with Gasteiger partial charge in [0.15, 0.2) is 0 Å². The van der Waals surface area contributed by atoms with Gasteiger partial charge in [0, 0.05) is 5.92 Å². The summed E-state index contributed by atoms with van der Waals surface area (Å²) in [5.74, 6) is 0.663. The zero-order chi connectivity index (χ0) is 12.4. The van der Waals surface area contributed by atoms with E-state index in [-0.39, 0.29) is 23.2 Å². The Balaban J connectivity index is 1.99. The summed E-state index contributed by atoms with van der Waals surface area (Å²) in [6.45, 7) is 10.5. The highest BCUT2D eigenvalue weighted by molar-refractivity contribution is 5.30. The Morgan fingerprint density at radius 1 is 1.47 bits per heavy atom. The van der Waals surface area contributed by atoms with Gasteiger partial charge in [0.05, 0.1) is 11.7 Å². The first-order chi connectivity index (χ1) is 7.89. The van der Waals surface area contributed by atoms with Crippen molar-refractivity contribution >= 4 is 0 Å². The van der Waals surface area contributed by atoms with Gasteiger partial charge in [0.1, 0.15) is 5.60 Å². The number of hydrogen-bond acceptors (Lipinski definition) is 2. The van der Waals surface area contributed by atoms with Crippen molar-refractivity contribution in [2.45, 2.75) is 57.3 Å². The molecule has 2 fully saturated rings. The fourth-order valence-electron chi connectivity index (χ4n) is 3.97. The molecular weight excluding hydrogens is 212 g/mol. The summed E-state index contributed by atoms with van der Waals surface area (Å²) in [5, 5.41) is 10.8. The van der Waals surface area contributed by atoms with Gasteiger partial charge >= 0.3 is 0 Å². The second kappa shape index (κ2) is 3.24. The molecule has 94 valence electrons. The molecule has 0 bridgehead atoms. The molecule has 2 nitrogen and oxygen atoms in total. The minimum absolute atomic E-state index is 0.176. The second-order valence-electron chi connectivity index (χ2n) is 6.42. The van der Waals surface area contributed by atoms with Crippen molar-refractivity contribution in [2.75, 3.05) is 0 Å². The van der Waals surface area contributed by atoms with Crippen molar-refractivity contribution in [1.29, 1.82) is 0 Å². The molecule has 1 aliphatic heterocycles. The maximum Gasteiger partial charge on any atom is 0.124 e. The number of allylic oxidation sites excluding steroid dienone is 2. The van der Waals surface area contributed by atoms with E-state index >= 15 is 0 Å². The molecule has 1 saturated heterocycles. The molecule has 17 heavy (non-hydrogen) atoms. The third-order valence-corrected chi connectivity index (χ3v) is 5.23. The summed E-state index contributed by atoms with van der Waals surface area (Å²) in [7, 11) is 0. The SMILES string of the molecule is C=C1CCC2(OC2(C)C)[C@@H](O)[C@@H]2C(C)=CC[C@@H]12. The van der Waals surface area contributed by atoms with Crippen LogP contribution in [0.2, 0.25) is 0 Å². The number of aliphatic hydroxyl groups is 1. The predicted octanol–water partition coefficient (Wildman–Crippen LogP) is 2.83. The van der Waals surface area contributed by atoms with Crippen molar-refractivity contribution in [3.05, 3.63) is 23.8 Å². The van der Waals surface area contributed by atoms with Crippen molar-refractivity contribution < 1.29 is 9.84 Å². The van der Waals surface area contributed by atoms with Gasteiger partial charge in [0.25, 0.3) is 0 Å². The van der Waals surface area contributed by atoms with E-state index in [4.69, 9.17) is 4.74 Å². The first-order valence-corrected chi connectivity index (χ1v) is 6.61. The van der Waals surface area contributed by atoms with Gasteiger partial charge in [0.2, 0.25) is 0 Å². The molecule has 2 aliphatic carbocycles. The van der Waals surface area contributed by atoms with Crippen LogP contribution in [0.4, 0.5) is 0 Å². The largest absolute Gasteiger partial charge is 0.389 e. The minimum Gasteiger partial charge on any atom is -0.389 e. The normalized spacial score (nSPS) is 47.6. The highest BCUT2D eigenvalue weighted by Crippen LogP contribution is 2.60. The van der Waals surface area contributed by atoms with Crippen LogP contribution in [0.15, 0.2) is 23.8 Å². The molecule has 1 spiro atoms. The summed E-state index contributed by atoms with van der Waals surface area (Å²) in [6.07, 6.45) is 4.84. The van der Waals surface area contributed by atoms with Crippen molar-refractivity contribution in [1.82, 2.24) is 0 Å². The topological polar surface area (TPSA) is 32.8 Å². The number of aliphatic hydroxyl groups excluding tert-OH is 1. The Bertz CT molecular complexity index is 407. The third-order valence-electron chi connectivity index (χ3n) is 5.23. The Morgan fingerprint density at radius 2 is 2.12 bits per heavy atom. The monoisotopic (exact) mass is 234 g/mol. The predicted molar refractivity (Wildman–Crippen MR) is 67.6 cm³/mol. The van der Waals surface area contributed by atoms with Gasteiger partial charge in [-0.05, 0) is 46.0 Å². The molecule has 1 N–H and O–H groups in total. The van der Waals surface area contributed by atoms with E-state index in [0.29, 0.717) is 5.92 Å². The zero-order valence-corrected chi connectivity index (χ0v) is 11.0. The van der Waals surface area contributed by atoms with Gasteiger partial charge in [-0.25, -0.2) is 0 Å². The van der Waals surface area contributed by atoms with Crippen LogP contribution in [-0.4, -0.2) is 22.4 Å². The lowest BCUT2D eigenvalue weighted by Gasteiger charge is -2.28. The number of epoxide rings is 1. The highest BCUT2D eigenvalue weighted by Gasteiger charge is 2.70. The Kier molecular flexibility index (Phi) is 2.19. The van der Waals surface area contributed by atoms with E-state index < -0.39 is 0 Å². The van der Waals surface area contributed by atoms with E-state index in [2.05, 4.69) is 33.4 Å². The lowest BCUT2D eigenvalue weighted by Crippen LogP contribution is -2.41. The van der Waals surface area contributed by atoms with Crippen LogP contribution in [0.5, 0.6) is 0 Å². The lowest BCUT2D eigenvalue weighted by atomic mass is 9.78. The average molecular weight is 234 g/mol. The quantitative estimate of drug-likeness (QED) is 0.516. The van der Waals surface area contributed by atoms with Crippen LogP contribution in [0.1, 0.15) is 40.0 Å². The maximum absolute atomic E-state index is 10.8. The molecule has 1 saturated carbocycles. The van der Waals surface area contributed by atoms with Gasteiger partial charge in [-0.1, -0.05) is 23.8 Å². The first kappa shape index (κ1) is 11.5. The fourth-order valence-corrected chi connectivity index (χ4v) is 3.97. The van der Waals surface area contributed by atoms with Crippen LogP contribution < -0.4 is 0 Å². The average Bonchev–Trinajstić information content (AvgIpc) is 2.65. The number of rotatable bonds is 0. The van der Waals surface area contributed by atoms with E-state index in [1.807, 2.05) is 0 Å². The summed E-state index contributed by atoms with van der Waals surface area (Å²) in [4.78, 5) is 0. The number of fused-ring (bicyclic) bond motifs is 1. The molecule has 3 aliphatic rings. The van der Waals surface area contributed by atoms with Crippen molar-refractivity contribution in [3.8, 4) is 0 Å². The van der Waals surface area contributed by atoms with Gasteiger partial charge in [-0.15, -0.1) is 0 Å². The molecule has 0 aromatic rings. The molecule has 1 heterocycles. The zero-order valence-electron chi connectivity index (χ0n) is 11.0. The van der Waals surface area contributed by atoms with Crippen LogP contribution in [-0.2, 0) is 4.74 Å². The molecular formula is C15H22O2. The molecule has 3 rings (SSSR count). The standard InChI is InChI=1S/C15H22O2/c1-9-7-8-15(14(3,4)17-15)13(16)12-10(2)5-6-11(9)12/h5,11-13,16H,1,6-8H2,2-4H3/t11-,12+,13-,15?/m0/s1. The lowest BCUT2D eigenvalue weighted by molar-refractivity contribution is 0.0322. The van der Waals surface area contributed by atoms with E-state index in [1.54, 1.807) is 0 Å². The molecule has 0 aromatic heterocycles.